The van der Waals surface area contributed by atoms with Crippen LogP contribution in [0.15, 0.2) is 18.2 Å². The van der Waals surface area contributed by atoms with Crippen molar-refractivity contribution < 1.29 is 4.79 Å². The van der Waals surface area contributed by atoms with Crippen molar-refractivity contribution in [2.45, 2.75) is 20.3 Å². The van der Waals surface area contributed by atoms with Crippen LogP contribution < -0.4 is 16.4 Å². The van der Waals surface area contributed by atoms with Gasteiger partial charge < -0.3 is 16.4 Å². The van der Waals surface area contributed by atoms with Crippen LogP contribution in [-0.4, -0.2) is 24.0 Å². The minimum Gasteiger partial charge on any atom is -0.389 e. The molecule has 0 atom stereocenters. The Morgan fingerprint density at radius 3 is 2.70 bits per heavy atom. The molecule has 0 aromatic heterocycles. The summed E-state index contributed by atoms with van der Waals surface area (Å²) < 4.78 is 0. The van der Waals surface area contributed by atoms with Crippen molar-refractivity contribution in [1.29, 1.82) is 0 Å². The average molecular weight is 314 g/mol. The third-order valence-corrected chi connectivity index (χ3v) is 3.18. The first-order chi connectivity index (χ1) is 9.40. The Balaban J connectivity index is 2.42. The molecule has 0 heterocycles. The number of rotatable bonds is 7. The van der Waals surface area contributed by atoms with Crippen molar-refractivity contribution in [3.8, 4) is 0 Å². The molecular formula is C14H20ClN3OS. The molecule has 4 nitrogen and oxygen atoms in total. The lowest BCUT2D eigenvalue weighted by atomic mass is 10.2. The van der Waals surface area contributed by atoms with Gasteiger partial charge in [-0.1, -0.05) is 37.7 Å². The molecule has 4 N–H and O–H groups in total. The van der Waals surface area contributed by atoms with Crippen molar-refractivity contribution in [1.82, 2.24) is 5.32 Å². The molecule has 0 saturated carbocycles. The first-order valence-electron chi connectivity index (χ1n) is 6.50. The molecule has 0 unspecified atom stereocenters. The number of halogens is 1. The Morgan fingerprint density at radius 1 is 1.45 bits per heavy atom. The molecule has 0 aliphatic carbocycles. The second-order valence-corrected chi connectivity index (χ2v) is 5.78. The zero-order valence-corrected chi connectivity index (χ0v) is 13.3. The highest BCUT2D eigenvalue weighted by Gasteiger charge is 2.05. The fourth-order valence-electron chi connectivity index (χ4n) is 1.53. The predicted molar refractivity (Wildman–Crippen MR) is 88.3 cm³/mol. The first kappa shape index (κ1) is 16.7. The summed E-state index contributed by atoms with van der Waals surface area (Å²) in [7, 11) is 0. The number of nitrogens with two attached hydrogens (primary N) is 1. The monoisotopic (exact) mass is 313 g/mol. The molecule has 0 aliphatic rings. The maximum absolute atomic E-state index is 11.5. The average Bonchev–Trinajstić information content (AvgIpc) is 2.38. The molecule has 110 valence electrons. The van der Waals surface area contributed by atoms with Crippen LogP contribution in [0.5, 0.6) is 0 Å². The van der Waals surface area contributed by atoms with E-state index in [1.165, 1.54) is 0 Å². The Kier molecular flexibility index (Phi) is 6.75. The minimum atomic E-state index is 0.0297. The van der Waals surface area contributed by atoms with Gasteiger partial charge >= 0.3 is 0 Å². The van der Waals surface area contributed by atoms with E-state index >= 15 is 0 Å². The highest BCUT2D eigenvalue weighted by Crippen LogP contribution is 2.22. The van der Waals surface area contributed by atoms with Crippen LogP contribution in [0, 0.1) is 5.92 Å². The van der Waals surface area contributed by atoms with Gasteiger partial charge in [-0.05, 0) is 24.1 Å². The number of hydrogen-bond acceptors (Lipinski definition) is 3. The molecule has 0 saturated heterocycles. The molecule has 0 fully saturated rings. The van der Waals surface area contributed by atoms with E-state index in [9.17, 15) is 4.79 Å². The van der Waals surface area contributed by atoms with Gasteiger partial charge in [-0.2, -0.15) is 0 Å². The van der Waals surface area contributed by atoms with Gasteiger partial charge in [0.15, 0.2) is 0 Å². The van der Waals surface area contributed by atoms with Crippen molar-refractivity contribution in [2.75, 3.05) is 18.4 Å². The highest BCUT2D eigenvalue weighted by atomic mass is 35.5. The SMILES string of the molecule is CC(C)CNC(=O)CCNc1ccc(C(N)=S)cc1Cl. The molecule has 0 aliphatic heterocycles. The number of nitrogens with one attached hydrogen (secondary N) is 2. The smallest absolute Gasteiger partial charge is 0.221 e. The van der Waals surface area contributed by atoms with Crippen LogP contribution >= 0.6 is 23.8 Å². The fraction of sp³-hybridized carbons (Fsp3) is 0.429. The number of carbonyl (C=O) groups is 1. The third kappa shape index (κ3) is 5.75. The van der Waals surface area contributed by atoms with E-state index in [4.69, 9.17) is 29.6 Å². The molecule has 1 amide bonds. The van der Waals surface area contributed by atoms with Gasteiger partial charge in [0, 0.05) is 25.1 Å². The summed E-state index contributed by atoms with van der Waals surface area (Å²) in [5, 5.41) is 6.52. The van der Waals surface area contributed by atoms with Gasteiger partial charge in [0.2, 0.25) is 5.91 Å². The number of amides is 1. The van der Waals surface area contributed by atoms with E-state index in [-0.39, 0.29) is 5.91 Å². The maximum Gasteiger partial charge on any atom is 0.221 e. The van der Waals surface area contributed by atoms with E-state index in [0.717, 1.165) is 11.3 Å². The maximum atomic E-state index is 11.5. The largest absolute Gasteiger partial charge is 0.389 e. The Hall–Kier alpha value is -1.33. The molecule has 0 radical (unpaired) electrons. The summed E-state index contributed by atoms with van der Waals surface area (Å²) in [4.78, 5) is 11.9. The van der Waals surface area contributed by atoms with Crippen molar-refractivity contribution in [2.24, 2.45) is 11.7 Å². The molecule has 1 rings (SSSR count). The topological polar surface area (TPSA) is 67.2 Å². The predicted octanol–water partition coefficient (Wildman–Crippen LogP) is 2.55. The molecule has 0 spiro atoms. The zero-order valence-electron chi connectivity index (χ0n) is 11.7. The minimum absolute atomic E-state index is 0.0297. The van der Waals surface area contributed by atoms with Gasteiger partial charge in [-0.25, -0.2) is 0 Å². The van der Waals surface area contributed by atoms with Crippen LogP contribution in [0.2, 0.25) is 5.02 Å². The molecule has 6 heteroatoms. The number of anilines is 1. The van der Waals surface area contributed by atoms with E-state index in [1.54, 1.807) is 12.1 Å². The number of thiocarbonyl (C=S) groups is 1. The van der Waals surface area contributed by atoms with Crippen LogP contribution in [-0.2, 0) is 4.79 Å². The van der Waals surface area contributed by atoms with Gasteiger partial charge in [-0.15, -0.1) is 0 Å². The highest BCUT2D eigenvalue weighted by molar-refractivity contribution is 7.80. The number of carbonyl (C=O) groups excluding carboxylic acids is 1. The lowest BCUT2D eigenvalue weighted by molar-refractivity contribution is -0.120. The van der Waals surface area contributed by atoms with Gasteiger partial charge in [-0.3, -0.25) is 4.79 Å². The summed E-state index contributed by atoms with van der Waals surface area (Å²) in [5.41, 5.74) is 7.02. The van der Waals surface area contributed by atoms with Crippen LogP contribution in [0.4, 0.5) is 5.69 Å². The van der Waals surface area contributed by atoms with Crippen LogP contribution in [0.1, 0.15) is 25.8 Å². The van der Waals surface area contributed by atoms with Gasteiger partial charge in [0.05, 0.1) is 10.7 Å². The van der Waals surface area contributed by atoms with Crippen LogP contribution in [0.25, 0.3) is 0 Å². The summed E-state index contributed by atoms with van der Waals surface area (Å²) in [5.74, 6) is 0.482. The fourth-order valence-corrected chi connectivity index (χ4v) is 1.90. The van der Waals surface area contributed by atoms with E-state index in [1.807, 2.05) is 6.07 Å². The first-order valence-corrected chi connectivity index (χ1v) is 7.28. The Morgan fingerprint density at radius 2 is 2.15 bits per heavy atom. The molecule has 1 aromatic carbocycles. The molecular weight excluding hydrogens is 294 g/mol. The summed E-state index contributed by atoms with van der Waals surface area (Å²) >= 11 is 11.0. The van der Waals surface area contributed by atoms with E-state index in [0.29, 0.717) is 35.4 Å². The van der Waals surface area contributed by atoms with E-state index < -0.39 is 0 Å². The second kappa shape index (κ2) is 8.07. The van der Waals surface area contributed by atoms with Crippen LogP contribution in [0.3, 0.4) is 0 Å². The third-order valence-electron chi connectivity index (χ3n) is 2.63. The number of hydrogen-bond donors (Lipinski definition) is 3. The lowest BCUT2D eigenvalue weighted by Crippen LogP contribution is -2.28. The summed E-state index contributed by atoms with van der Waals surface area (Å²) in [6, 6.07) is 5.32. The molecule has 0 bridgehead atoms. The van der Waals surface area contributed by atoms with Gasteiger partial charge in [0.1, 0.15) is 4.99 Å². The summed E-state index contributed by atoms with van der Waals surface area (Å²) in [6.07, 6.45) is 0.403. The van der Waals surface area contributed by atoms with Crippen molar-refractivity contribution >= 4 is 40.4 Å². The Labute approximate surface area is 130 Å². The summed E-state index contributed by atoms with van der Waals surface area (Å²) in [6.45, 7) is 5.34. The van der Waals surface area contributed by atoms with E-state index in [2.05, 4.69) is 24.5 Å². The normalized spacial score (nSPS) is 10.4. The van der Waals surface area contributed by atoms with Crippen molar-refractivity contribution in [3.05, 3.63) is 28.8 Å². The standard InChI is InChI=1S/C14H20ClN3OS/c1-9(2)8-18-13(19)5-6-17-12-4-3-10(14(16)20)7-11(12)15/h3-4,7,9,17H,5-6,8H2,1-2H3,(H2,16,20)(H,18,19). The molecule has 1 aromatic rings. The quantitative estimate of drug-likeness (QED) is 0.677. The molecule has 20 heavy (non-hydrogen) atoms. The zero-order chi connectivity index (χ0) is 15.1. The Bertz CT molecular complexity index is 491. The van der Waals surface area contributed by atoms with Crippen molar-refractivity contribution in [3.63, 3.8) is 0 Å². The number of benzene rings is 1. The lowest BCUT2D eigenvalue weighted by Gasteiger charge is -2.10. The second-order valence-electron chi connectivity index (χ2n) is 4.93. The van der Waals surface area contributed by atoms with Gasteiger partial charge in [0.25, 0.3) is 0 Å².